The van der Waals surface area contributed by atoms with Crippen molar-refractivity contribution in [3.63, 3.8) is 0 Å². The molecule has 0 aromatic heterocycles. The van der Waals surface area contributed by atoms with Gasteiger partial charge in [-0.2, -0.15) is 0 Å². The van der Waals surface area contributed by atoms with Crippen LogP contribution in [0.3, 0.4) is 0 Å². The Kier molecular flexibility index (Phi) is 3.28. The van der Waals surface area contributed by atoms with Gasteiger partial charge >= 0.3 is 11.9 Å². The van der Waals surface area contributed by atoms with Crippen LogP contribution in [-0.4, -0.2) is 79.7 Å². The number of ether oxygens (including phenoxy) is 3. The zero-order chi connectivity index (χ0) is 20.6. The number of carbonyl (C=O) groups excluding carboxylic acids is 2. The summed E-state index contributed by atoms with van der Waals surface area (Å²) in [6, 6.07) is 0. The zero-order valence-corrected chi connectivity index (χ0v) is 16.2. The molecule has 156 valence electrons. The second kappa shape index (κ2) is 4.89. The van der Waals surface area contributed by atoms with Gasteiger partial charge in [0, 0.05) is 12.3 Å². The van der Waals surface area contributed by atoms with Crippen molar-refractivity contribution in [1.29, 1.82) is 0 Å². The van der Waals surface area contributed by atoms with Crippen molar-refractivity contribution in [3.8, 4) is 0 Å². The molecule has 0 aromatic rings. The van der Waals surface area contributed by atoms with Gasteiger partial charge in [0.25, 0.3) is 0 Å². The molecule has 0 radical (unpaired) electrons. The molecule has 0 amide bonds. The van der Waals surface area contributed by atoms with Gasteiger partial charge in [-0.15, -0.1) is 0 Å². The Morgan fingerprint density at radius 3 is 2.29 bits per heavy atom. The van der Waals surface area contributed by atoms with E-state index in [0.717, 1.165) is 0 Å². The number of carbonyl (C=O) groups is 2. The van der Waals surface area contributed by atoms with Crippen LogP contribution in [0.5, 0.6) is 0 Å². The summed E-state index contributed by atoms with van der Waals surface area (Å²) >= 11 is 0. The average Bonchev–Trinajstić information content (AvgIpc) is 3.17. The first-order valence-corrected chi connectivity index (χ1v) is 9.72. The molecule has 4 N–H and O–H groups in total. The lowest BCUT2D eigenvalue weighted by Gasteiger charge is -2.58. The Morgan fingerprint density at radius 2 is 1.71 bits per heavy atom. The third-order valence-corrected chi connectivity index (χ3v) is 8.39. The highest BCUT2D eigenvalue weighted by atomic mass is 16.6. The minimum Gasteiger partial charge on any atom is -0.459 e. The molecule has 3 heterocycles. The molecule has 3 aliphatic heterocycles. The van der Waals surface area contributed by atoms with Crippen LogP contribution in [0.1, 0.15) is 34.1 Å². The quantitative estimate of drug-likeness (QED) is 0.388. The molecule has 3 saturated heterocycles. The standard InChI is InChI=1S/C19H26O9/c1-6(20)7-5-18(28-14(7)23)13-11(22)19(25)9-8(16(2,3)27-15(9)24)10(21)12(26-13)17(18,19)4/h6-13,20-22,25H,5H2,1-4H3/t6-,7+,8+,9-,10-,11+,12-,13+,17+,18-,19+/m1/s1. The highest BCUT2D eigenvalue weighted by molar-refractivity contribution is 5.80. The number of aliphatic hydroxyl groups excluding tert-OH is 3. The van der Waals surface area contributed by atoms with Gasteiger partial charge in [0.05, 0.1) is 35.6 Å². The molecule has 5 aliphatic rings. The van der Waals surface area contributed by atoms with E-state index in [1.807, 2.05) is 0 Å². The molecule has 2 aliphatic carbocycles. The molecule has 2 saturated carbocycles. The van der Waals surface area contributed by atoms with Gasteiger partial charge in [0.1, 0.15) is 23.4 Å². The maximum Gasteiger partial charge on any atom is 0.313 e. The van der Waals surface area contributed by atoms with Crippen LogP contribution in [0.4, 0.5) is 0 Å². The van der Waals surface area contributed by atoms with Crippen molar-refractivity contribution >= 4 is 11.9 Å². The van der Waals surface area contributed by atoms with Crippen molar-refractivity contribution in [3.05, 3.63) is 0 Å². The Hall–Kier alpha value is -1.26. The number of esters is 2. The molecule has 0 unspecified atom stereocenters. The van der Waals surface area contributed by atoms with Crippen LogP contribution in [0, 0.1) is 23.2 Å². The molecule has 28 heavy (non-hydrogen) atoms. The molecule has 5 fully saturated rings. The lowest BCUT2D eigenvalue weighted by atomic mass is 9.50. The maximum absolute atomic E-state index is 12.8. The summed E-state index contributed by atoms with van der Waals surface area (Å²) in [7, 11) is 0. The molecule has 1 spiro atoms. The third-order valence-electron chi connectivity index (χ3n) is 8.39. The Labute approximate surface area is 161 Å². The van der Waals surface area contributed by atoms with E-state index in [1.165, 1.54) is 6.92 Å². The number of fused-ring (bicyclic) bond motifs is 2. The Bertz CT molecular complexity index is 779. The SMILES string of the molecule is C[C@@H](O)[C@@H]1C[C@@]2(OC1=O)[C@H]1O[C@@H]3[C@H](O)[C@@H]4[C@H](C(=O)OC4(C)C)[C@](O)([C@H]1O)[C@@]32C. The van der Waals surface area contributed by atoms with Gasteiger partial charge in [0.15, 0.2) is 5.60 Å². The fraction of sp³-hybridized carbons (Fsp3) is 0.895. The number of rotatable bonds is 1. The summed E-state index contributed by atoms with van der Waals surface area (Å²) in [5.41, 5.74) is -5.98. The molecule has 11 atom stereocenters. The summed E-state index contributed by atoms with van der Waals surface area (Å²) in [5, 5.41) is 44.1. The molecule has 2 bridgehead atoms. The topological polar surface area (TPSA) is 143 Å². The summed E-state index contributed by atoms with van der Waals surface area (Å²) in [4.78, 5) is 25.3. The molecular formula is C19H26O9. The maximum atomic E-state index is 12.8. The highest BCUT2D eigenvalue weighted by Crippen LogP contribution is 2.74. The second-order valence-corrected chi connectivity index (χ2v) is 9.83. The van der Waals surface area contributed by atoms with Crippen molar-refractivity contribution in [2.24, 2.45) is 23.2 Å². The van der Waals surface area contributed by atoms with E-state index in [1.54, 1.807) is 20.8 Å². The lowest BCUT2D eigenvalue weighted by molar-refractivity contribution is -0.297. The Morgan fingerprint density at radius 1 is 1.07 bits per heavy atom. The monoisotopic (exact) mass is 398 g/mol. The molecule has 5 rings (SSSR count). The van der Waals surface area contributed by atoms with Gasteiger partial charge in [-0.1, -0.05) is 6.92 Å². The van der Waals surface area contributed by atoms with E-state index in [0.29, 0.717) is 0 Å². The molecule has 9 nitrogen and oxygen atoms in total. The van der Waals surface area contributed by atoms with E-state index in [9.17, 15) is 30.0 Å². The average molecular weight is 398 g/mol. The van der Waals surface area contributed by atoms with Gasteiger partial charge in [-0.25, -0.2) is 0 Å². The molecule has 9 heteroatoms. The largest absolute Gasteiger partial charge is 0.459 e. The van der Waals surface area contributed by atoms with E-state index in [-0.39, 0.29) is 6.42 Å². The number of aliphatic hydroxyl groups is 4. The minimum absolute atomic E-state index is 0.0169. The summed E-state index contributed by atoms with van der Waals surface area (Å²) in [6.07, 6.45) is -5.75. The van der Waals surface area contributed by atoms with Crippen LogP contribution >= 0.6 is 0 Å². The van der Waals surface area contributed by atoms with Crippen molar-refractivity contribution in [2.75, 3.05) is 0 Å². The summed E-state index contributed by atoms with van der Waals surface area (Å²) < 4.78 is 17.2. The van der Waals surface area contributed by atoms with Gasteiger partial charge in [0.2, 0.25) is 0 Å². The smallest absolute Gasteiger partial charge is 0.313 e. The first-order chi connectivity index (χ1) is 12.8. The first-order valence-electron chi connectivity index (χ1n) is 9.72. The fourth-order valence-electron chi connectivity index (χ4n) is 7.06. The highest BCUT2D eigenvalue weighted by Gasteiger charge is 2.92. The van der Waals surface area contributed by atoms with Crippen LogP contribution in [-0.2, 0) is 23.8 Å². The fourth-order valence-corrected chi connectivity index (χ4v) is 7.06. The molecule has 0 aromatic carbocycles. The Balaban J connectivity index is 1.70. The first kappa shape index (κ1) is 18.7. The number of hydrogen-bond donors (Lipinski definition) is 4. The normalized spacial score (nSPS) is 59.4. The number of cyclic esters (lactones) is 1. The van der Waals surface area contributed by atoms with Crippen LogP contribution in [0.15, 0.2) is 0 Å². The van der Waals surface area contributed by atoms with Crippen molar-refractivity contribution in [2.45, 2.75) is 81.4 Å². The third kappa shape index (κ3) is 1.59. The second-order valence-electron chi connectivity index (χ2n) is 9.83. The predicted octanol–water partition coefficient (Wildman–Crippen LogP) is -1.51. The predicted molar refractivity (Wildman–Crippen MR) is 89.5 cm³/mol. The lowest BCUT2D eigenvalue weighted by Crippen LogP contribution is -2.75. The van der Waals surface area contributed by atoms with Crippen molar-refractivity contribution in [1.82, 2.24) is 0 Å². The van der Waals surface area contributed by atoms with Gasteiger partial charge in [-0.3, -0.25) is 9.59 Å². The zero-order valence-electron chi connectivity index (χ0n) is 16.2. The van der Waals surface area contributed by atoms with Crippen LogP contribution in [0.25, 0.3) is 0 Å². The van der Waals surface area contributed by atoms with Gasteiger partial charge < -0.3 is 34.6 Å². The van der Waals surface area contributed by atoms with Crippen molar-refractivity contribution < 1.29 is 44.2 Å². The molecular weight excluding hydrogens is 372 g/mol. The number of hydrogen-bond acceptors (Lipinski definition) is 9. The minimum atomic E-state index is -2.01. The van der Waals surface area contributed by atoms with E-state index >= 15 is 0 Å². The van der Waals surface area contributed by atoms with Crippen LogP contribution in [0.2, 0.25) is 0 Å². The van der Waals surface area contributed by atoms with E-state index < -0.39 is 82.4 Å². The van der Waals surface area contributed by atoms with E-state index in [4.69, 9.17) is 14.2 Å². The van der Waals surface area contributed by atoms with E-state index in [2.05, 4.69) is 0 Å². The van der Waals surface area contributed by atoms with Crippen LogP contribution < -0.4 is 0 Å². The van der Waals surface area contributed by atoms with Gasteiger partial charge in [-0.05, 0) is 20.8 Å². The summed E-state index contributed by atoms with van der Waals surface area (Å²) in [6.45, 7) is 6.36. The summed E-state index contributed by atoms with van der Waals surface area (Å²) in [5.74, 6) is -4.18.